The first-order valence-electron chi connectivity index (χ1n) is 3.94. The Bertz CT molecular complexity index is 395. The highest BCUT2D eigenvalue weighted by atomic mass is 35.5. The predicted octanol–water partition coefficient (Wildman–Crippen LogP) is 2.01. The fraction of sp³-hybridized carbons (Fsp3) is 0.200. The standard InChI is InChI=1S/C10H7ClFNO/c11-5-2-1-3-8-4-6-13-10(12)9(8)7-14/h4,6-7H,2,5H2. The smallest absolute Gasteiger partial charge is 0.224 e. The molecule has 14 heavy (non-hydrogen) atoms. The summed E-state index contributed by atoms with van der Waals surface area (Å²) < 4.78 is 12.9. The molecule has 4 heteroatoms. The molecule has 0 aromatic carbocycles. The third kappa shape index (κ3) is 2.54. The third-order valence-electron chi connectivity index (χ3n) is 1.50. The Labute approximate surface area is 86.1 Å². The van der Waals surface area contributed by atoms with Gasteiger partial charge < -0.3 is 0 Å². The van der Waals surface area contributed by atoms with Crippen molar-refractivity contribution in [3.8, 4) is 11.8 Å². The number of carbonyl (C=O) groups excluding carboxylic acids is 1. The largest absolute Gasteiger partial charge is 0.298 e. The molecule has 1 aromatic rings. The van der Waals surface area contributed by atoms with Crippen LogP contribution in [0.5, 0.6) is 0 Å². The zero-order chi connectivity index (χ0) is 10.4. The highest BCUT2D eigenvalue weighted by molar-refractivity contribution is 6.18. The average Bonchev–Trinajstić information content (AvgIpc) is 2.18. The van der Waals surface area contributed by atoms with Gasteiger partial charge in [-0.25, -0.2) is 4.98 Å². The Morgan fingerprint density at radius 3 is 3.07 bits per heavy atom. The van der Waals surface area contributed by atoms with Gasteiger partial charge in [0.15, 0.2) is 6.29 Å². The third-order valence-corrected chi connectivity index (χ3v) is 1.69. The number of hydrogen-bond acceptors (Lipinski definition) is 2. The van der Waals surface area contributed by atoms with Crippen LogP contribution in [-0.4, -0.2) is 17.2 Å². The lowest BCUT2D eigenvalue weighted by Crippen LogP contribution is -1.95. The maximum absolute atomic E-state index is 12.9. The Morgan fingerprint density at radius 1 is 1.64 bits per heavy atom. The summed E-state index contributed by atoms with van der Waals surface area (Å²) in [5.74, 6) is 5.00. The molecule has 0 amide bonds. The van der Waals surface area contributed by atoms with Crippen molar-refractivity contribution in [3.63, 3.8) is 0 Å². The van der Waals surface area contributed by atoms with Crippen LogP contribution in [0.4, 0.5) is 4.39 Å². The highest BCUT2D eigenvalue weighted by Crippen LogP contribution is 2.07. The monoisotopic (exact) mass is 211 g/mol. The van der Waals surface area contributed by atoms with Gasteiger partial charge in [-0.15, -0.1) is 11.6 Å². The summed E-state index contributed by atoms with van der Waals surface area (Å²) in [5.41, 5.74) is 0.243. The molecular weight excluding hydrogens is 205 g/mol. The van der Waals surface area contributed by atoms with E-state index in [1.165, 1.54) is 12.3 Å². The van der Waals surface area contributed by atoms with Gasteiger partial charge in [-0.3, -0.25) is 4.79 Å². The minimum atomic E-state index is -0.794. The quantitative estimate of drug-likeness (QED) is 0.324. The Balaban J connectivity index is 3.04. The molecule has 2 nitrogen and oxygen atoms in total. The number of aldehydes is 1. The van der Waals surface area contributed by atoms with Gasteiger partial charge in [-0.1, -0.05) is 11.8 Å². The molecule has 0 atom stereocenters. The van der Waals surface area contributed by atoms with Crippen LogP contribution >= 0.6 is 11.6 Å². The lowest BCUT2D eigenvalue weighted by molar-refractivity contribution is 0.111. The van der Waals surface area contributed by atoms with Gasteiger partial charge in [0.25, 0.3) is 0 Å². The van der Waals surface area contributed by atoms with Crippen molar-refractivity contribution < 1.29 is 9.18 Å². The fourth-order valence-electron chi connectivity index (χ4n) is 0.874. The number of hydrogen-bond donors (Lipinski definition) is 0. The second-order valence-electron chi connectivity index (χ2n) is 2.42. The van der Waals surface area contributed by atoms with E-state index in [9.17, 15) is 9.18 Å². The SMILES string of the molecule is O=Cc1c(C#CCCCl)ccnc1F. The number of halogens is 2. The normalized spacial score (nSPS) is 9.00. The summed E-state index contributed by atoms with van der Waals surface area (Å²) in [5, 5.41) is 0. The van der Waals surface area contributed by atoms with Crippen molar-refractivity contribution >= 4 is 17.9 Å². The molecule has 0 radical (unpaired) electrons. The number of carbonyl (C=O) groups is 1. The van der Waals surface area contributed by atoms with E-state index in [-0.39, 0.29) is 5.56 Å². The Hall–Kier alpha value is -1.40. The first-order valence-corrected chi connectivity index (χ1v) is 4.47. The minimum absolute atomic E-state index is 0.102. The zero-order valence-electron chi connectivity index (χ0n) is 7.26. The molecule has 0 aliphatic carbocycles. The summed E-state index contributed by atoms with van der Waals surface area (Å²) in [7, 11) is 0. The van der Waals surface area contributed by atoms with Gasteiger partial charge in [0.1, 0.15) is 0 Å². The Kier molecular flexibility index (Phi) is 4.09. The fourth-order valence-corrected chi connectivity index (χ4v) is 0.968. The number of rotatable bonds is 2. The maximum atomic E-state index is 12.9. The molecule has 0 N–H and O–H groups in total. The number of aromatic nitrogens is 1. The first-order chi connectivity index (χ1) is 6.79. The second-order valence-corrected chi connectivity index (χ2v) is 2.80. The van der Waals surface area contributed by atoms with Gasteiger partial charge in [0.05, 0.1) is 5.56 Å². The van der Waals surface area contributed by atoms with E-state index in [0.717, 1.165) is 0 Å². The summed E-state index contributed by atoms with van der Waals surface area (Å²) in [6.07, 6.45) is 2.18. The van der Waals surface area contributed by atoms with Crippen LogP contribution in [0.25, 0.3) is 0 Å². The van der Waals surface area contributed by atoms with Crippen molar-refractivity contribution in [1.82, 2.24) is 4.98 Å². The lowest BCUT2D eigenvalue weighted by atomic mass is 10.1. The predicted molar refractivity (Wildman–Crippen MR) is 51.8 cm³/mol. The van der Waals surface area contributed by atoms with Crippen molar-refractivity contribution in [2.24, 2.45) is 0 Å². The van der Waals surface area contributed by atoms with Crippen molar-refractivity contribution in [1.29, 1.82) is 0 Å². The van der Waals surface area contributed by atoms with Crippen LogP contribution in [0.3, 0.4) is 0 Å². The molecule has 1 heterocycles. The molecule has 0 unspecified atom stereocenters. The van der Waals surface area contributed by atoms with E-state index < -0.39 is 5.95 Å². The molecule has 72 valence electrons. The van der Waals surface area contributed by atoms with Crippen molar-refractivity contribution in [2.75, 3.05) is 5.88 Å². The van der Waals surface area contributed by atoms with E-state index in [4.69, 9.17) is 11.6 Å². The number of nitrogens with zero attached hydrogens (tertiary/aromatic N) is 1. The van der Waals surface area contributed by atoms with Gasteiger partial charge >= 0.3 is 0 Å². The molecule has 1 aromatic heterocycles. The van der Waals surface area contributed by atoms with Gasteiger partial charge in [-0.2, -0.15) is 4.39 Å². The van der Waals surface area contributed by atoms with E-state index in [1.54, 1.807) is 0 Å². The summed E-state index contributed by atoms with van der Waals surface area (Å²) in [6.45, 7) is 0. The van der Waals surface area contributed by atoms with E-state index >= 15 is 0 Å². The molecule has 0 aliphatic rings. The summed E-state index contributed by atoms with van der Waals surface area (Å²) in [6, 6.07) is 1.49. The second kappa shape index (κ2) is 5.36. The van der Waals surface area contributed by atoms with Gasteiger partial charge in [-0.05, 0) is 6.07 Å². The van der Waals surface area contributed by atoms with E-state index in [0.29, 0.717) is 24.2 Å². The van der Waals surface area contributed by atoms with Gasteiger partial charge in [0.2, 0.25) is 5.95 Å². The molecule has 0 aliphatic heterocycles. The maximum Gasteiger partial charge on any atom is 0.224 e. The van der Waals surface area contributed by atoms with E-state index in [1.807, 2.05) is 0 Å². The van der Waals surface area contributed by atoms with Crippen LogP contribution < -0.4 is 0 Å². The van der Waals surface area contributed by atoms with E-state index in [2.05, 4.69) is 16.8 Å². The molecule has 0 bridgehead atoms. The van der Waals surface area contributed by atoms with Crippen LogP contribution in [0.1, 0.15) is 22.3 Å². The minimum Gasteiger partial charge on any atom is -0.298 e. The molecule has 0 fully saturated rings. The first kappa shape index (κ1) is 10.7. The van der Waals surface area contributed by atoms with Crippen LogP contribution in [0.2, 0.25) is 0 Å². The van der Waals surface area contributed by atoms with Crippen LogP contribution in [0.15, 0.2) is 12.3 Å². The molecule has 1 rings (SSSR count). The average molecular weight is 212 g/mol. The molecule has 0 spiro atoms. The van der Waals surface area contributed by atoms with Crippen LogP contribution in [-0.2, 0) is 0 Å². The summed E-state index contributed by atoms with van der Waals surface area (Å²) >= 11 is 5.41. The molecule has 0 saturated heterocycles. The van der Waals surface area contributed by atoms with Gasteiger partial charge in [0, 0.05) is 24.1 Å². The molecular formula is C10H7ClFNO. The number of pyridine rings is 1. The highest BCUT2D eigenvalue weighted by Gasteiger charge is 2.05. The summed E-state index contributed by atoms with van der Waals surface area (Å²) in [4.78, 5) is 13.9. The van der Waals surface area contributed by atoms with Crippen molar-refractivity contribution in [2.45, 2.75) is 6.42 Å². The van der Waals surface area contributed by atoms with Crippen LogP contribution in [0, 0.1) is 17.8 Å². The topological polar surface area (TPSA) is 30.0 Å². The Morgan fingerprint density at radius 2 is 2.43 bits per heavy atom. The molecule has 0 saturated carbocycles. The lowest BCUT2D eigenvalue weighted by Gasteiger charge is -1.95. The number of alkyl halides is 1. The van der Waals surface area contributed by atoms with Crippen molar-refractivity contribution in [3.05, 3.63) is 29.3 Å². The zero-order valence-corrected chi connectivity index (χ0v) is 8.01.